The molecule has 0 bridgehead atoms. The van der Waals surface area contributed by atoms with Crippen LogP contribution >= 0.6 is 45.3 Å². The van der Waals surface area contributed by atoms with E-state index in [0.717, 1.165) is 64.3 Å². The van der Waals surface area contributed by atoms with Gasteiger partial charge in [-0.1, -0.05) is 69.2 Å². The summed E-state index contributed by atoms with van der Waals surface area (Å²) in [4.78, 5) is 48.0. The molecule has 8 aromatic rings. The number of fused-ring (bicyclic) bond motifs is 2. The lowest BCUT2D eigenvalue weighted by Gasteiger charge is -2.11. The number of nitrogens with zero attached hydrogens (tertiary/aromatic N) is 5. The van der Waals surface area contributed by atoms with Crippen molar-refractivity contribution in [3.63, 3.8) is 0 Å². The first-order valence-electron chi connectivity index (χ1n) is 23.3. The number of alkyl carbamates (subject to hydrolysis) is 1. The highest BCUT2D eigenvalue weighted by Gasteiger charge is 2.25. The highest BCUT2D eigenvalue weighted by atomic mass is 32.2. The van der Waals surface area contributed by atoms with Crippen molar-refractivity contribution in [1.29, 1.82) is 0 Å². The van der Waals surface area contributed by atoms with Gasteiger partial charge in [-0.3, -0.25) is 13.2 Å². The second-order valence-corrected chi connectivity index (χ2v) is 24.1. The maximum absolute atomic E-state index is 13.6. The van der Waals surface area contributed by atoms with Gasteiger partial charge < -0.3 is 36.5 Å². The number of nitrogens with one attached hydrogen (secondary N) is 2. The lowest BCUT2D eigenvalue weighted by Crippen LogP contribution is -2.31. The van der Waals surface area contributed by atoms with Crippen LogP contribution in [0.2, 0.25) is 0 Å². The standard InChI is InChI=1S/C51H55N9O6S6/c1-6-9-22-71(63)49-43(52)41-34(31-13-11-30(12-14-31)26-66-51(62)55-20-21-60(4)5)24-36(56-47(41)69-49)45-58-38(28-67-45)39-29-68-46(59-39)37-25-35(32-15-17-33(18-16-32)65-27-40(61)54-19-8-3)42-44(53)50(70-48(42)57-37)72(64)23-10-7-2/h8,11-18,24-25,28-29H,3,6-7,9-10,19-23,26-27,52-53H2,1-2,4-5H3,(H,54,61)(H,55,62). The quantitative estimate of drug-likeness (QED) is 0.0439. The predicted molar refractivity (Wildman–Crippen MR) is 298 cm³/mol. The first-order valence-corrected chi connectivity index (χ1v) is 29.3. The molecule has 8 rings (SSSR count). The van der Waals surface area contributed by atoms with Gasteiger partial charge in [-0.15, -0.1) is 51.9 Å². The average Bonchev–Trinajstić information content (AvgIpc) is 4.21. The molecule has 2 unspecified atom stereocenters. The zero-order chi connectivity index (χ0) is 50.9. The third-order valence-corrected chi connectivity index (χ3v) is 19.0. The van der Waals surface area contributed by atoms with Crippen molar-refractivity contribution in [2.75, 3.05) is 63.3 Å². The number of carbonyl (C=O) groups is 2. The smallest absolute Gasteiger partial charge is 0.407 e. The second-order valence-electron chi connectivity index (χ2n) is 16.9. The van der Waals surface area contributed by atoms with E-state index in [1.54, 1.807) is 18.2 Å². The molecule has 6 heterocycles. The third kappa shape index (κ3) is 12.3. The van der Waals surface area contributed by atoms with E-state index in [1.807, 2.05) is 78.3 Å². The van der Waals surface area contributed by atoms with Gasteiger partial charge in [0.2, 0.25) is 0 Å². The fourth-order valence-electron chi connectivity index (χ4n) is 7.45. The SMILES string of the molecule is C=CCNC(=O)COc1ccc(-c2cc(-c3nc(-c4csc(-c5cc(-c6ccc(COC(=O)NCCN(C)C)cc6)c6c(N)c(S(=O)CCCC)sc6n5)n4)cs3)nc3sc(S(=O)CCCC)c(N)c23)cc1. The number of pyridine rings is 2. The maximum atomic E-state index is 13.6. The lowest BCUT2D eigenvalue weighted by molar-refractivity contribution is -0.122. The molecule has 2 atom stereocenters. The summed E-state index contributed by atoms with van der Waals surface area (Å²) in [6.07, 6.45) is 4.56. The summed E-state index contributed by atoms with van der Waals surface area (Å²) in [7, 11) is 1.29. The van der Waals surface area contributed by atoms with Crippen LogP contribution in [0, 0.1) is 0 Å². The van der Waals surface area contributed by atoms with E-state index in [9.17, 15) is 18.0 Å². The number of nitrogen functional groups attached to an aromatic ring is 2. The summed E-state index contributed by atoms with van der Waals surface area (Å²) < 4.78 is 39.5. The summed E-state index contributed by atoms with van der Waals surface area (Å²) in [6, 6.07) is 19.1. The number of ether oxygens (including phenoxy) is 2. The van der Waals surface area contributed by atoms with Crippen LogP contribution in [-0.2, 0) is 37.7 Å². The van der Waals surface area contributed by atoms with Gasteiger partial charge in [0.25, 0.3) is 5.91 Å². The number of benzene rings is 2. The predicted octanol–water partition coefficient (Wildman–Crippen LogP) is 10.6. The van der Waals surface area contributed by atoms with E-state index in [-0.39, 0.29) is 19.1 Å². The third-order valence-electron chi connectivity index (χ3n) is 11.3. The molecule has 0 aliphatic rings. The summed E-state index contributed by atoms with van der Waals surface area (Å²) in [5, 5.41) is 12.1. The van der Waals surface area contributed by atoms with Gasteiger partial charge >= 0.3 is 6.09 Å². The molecular formula is C51H55N9O6S6. The Morgan fingerprint density at radius 2 is 1.25 bits per heavy atom. The van der Waals surface area contributed by atoms with Crippen molar-refractivity contribution in [2.24, 2.45) is 0 Å². The van der Waals surface area contributed by atoms with Gasteiger partial charge in [0.1, 0.15) is 63.2 Å². The minimum atomic E-state index is -1.29. The Morgan fingerprint density at radius 1 is 0.736 bits per heavy atom. The van der Waals surface area contributed by atoms with Crippen LogP contribution in [0.5, 0.6) is 5.75 Å². The Bertz CT molecular complexity index is 3270. The number of thiazole rings is 2. The van der Waals surface area contributed by atoms with Crippen LogP contribution < -0.4 is 26.8 Å². The van der Waals surface area contributed by atoms with Gasteiger partial charge in [0.15, 0.2) is 6.61 Å². The molecule has 0 radical (unpaired) electrons. The van der Waals surface area contributed by atoms with Gasteiger partial charge in [-0.25, -0.2) is 24.7 Å². The van der Waals surface area contributed by atoms with E-state index in [1.165, 1.54) is 45.3 Å². The minimum absolute atomic E-state index is 0.105. The number of hydrogen-bond acceptors (Lipinski definition) is 17. The minimum Gasteiger partial charge on any atom is -0.484 e. The highest BCUT2D eigenvalue weighted by molar-refractivity contribution is 7.88. The molecule has 376 valence electrons. The van der Waals surface area contributed by atoms with E-state index < -0.39 is 27.7 Å². The number of thiophene rings is 2. The van der Waals surface area contributed by atoms with Crippen molar-refractivity contribution in [2.45, 2.75) is 54.6 Å². The number of hydrogen-bond donors (Lipinski definition) is 4. The van der Waals surface area contributed by atoms with Gasteiger partial charge in [-0.05, 0) is 79.0 Å². The fourth-order valence-corrected chi connectivity index (χ4v) is 14.6. The van der Waals surface area contributed by atoms with Crippen LogP contribution in [0.1, 0.15) is 45.1 Å². The van der Waals surface area contributed by atoms with Crippen LogP contribution in [-0.4, -0.2) is 97.1 Å². The number of aromatic nitrogens is 4. The monoisotopic (exact) mass is 1080 g/mol. The molecule has 6 aromatic heterocycles. The fraction of sp³-hybridized carbons (Fsp3) is 0.294. The molecule has 0 spiro atoms. The largest absolute Gasteiger partial charge is 0.484 e. The molecule has 2 aromatic carbocycles. The topological polar surface area (TPSA) is 218 Å². The van der Waals surface area contributed by atoms with Crippen molar-refractivity contribution < 1.29 is 27.5 Å². The Balaban J connectivity index is 1.11. The second kappa shape index (κ2) is 24.2. The van der Waals surface area contributed by atoms with Gasteiger partial charge in [0.05, 0.1) is 33.0 Å². The number of nitrogens with two attached hydrogens (primary N) is 2. The Kier molecular flexibility index (Phi) is 17.6. The molecule has 15 nitrogen and oxygen atoms in total. The van der Waals surface area contributed by atoms with Crippen LogP contribution in [0.25, 0.3) is 75.5 Å². The number of carbonyl (C=O) groups excluding carboxylic acids is 2. The first kappa shape index (κ1) is 52.4. The Morgan fingerprint density at radius 3 is 1.74 bits per heavy atom. The number of unbranched alkanes of at least 4 members (excludes halogenated alkanes) is 2. The van der Waals surface area contributed by atoms with Gasteiger partial charge in [-0.2, -0.15) is 0 Å². The maximum Gasteiger partial charge on any atom is 0.407 e. The molecule has 0 saturated carbocycles. The number of amides is 2. The number of rotatable bonds is 23. The molecule has 0 fully saturated rings. The Hall–Kier alpha value is -5.94. The van der Waals surface area contributed by atoms with E-state index >= 15 is 0 Å². The van der Waals surface area contributed by atoms with E-state index in [2.05, 4.69) is 31.1 Å². The molecule has 0 aliphatic heterocycles. The Labute approximate surface area is 439 Å². The van der Waals surface area contributed by atoms with Crippen molar-refractivity contribution in [3.05, 3.63) is 89.6 Å². The molecule has 6 N–H and O–H groups in total. The zero-order valence-electron chi connectivity index (χ0n) is 40.3. The summed E-state index contributed by atoms with van der Waals surface area (Å²) in [6.45, 7) is 9.26. The molecular weight excluding hydrogens is 1030 g/mol. The van der Waals surface area contributed by atoms with Crippen molar-refractivity contribution in [1.82, 2.24) is 35.5 Å². The van der Waals surface area contributed by atoms with E-state index in [4.69, 9.17) is 40.9 Å². The van der Waals surface area contributed by atoms with Crippen LogP contribution in [0.15, 0.2) is 92.5 Å². The van der Waals surface area contributed by atoms with E-state index in [0.29, 0.717) is 99.1 Å². The molecule has 21 heteroatoms. The first-order chi connectivity index (χ1) is 34.8. The molecule has 72 heavy (non-hydrogen) atoms. The van der Waals surface area contributed by atoms with Crippen LogP contribution in [0.3, 0.4) is 0 Å². The molecule has 0 aliphatic carbocycles. The summed E-state index contributed by atoms with van der Waals surface area (Å²) in [5.41, 5.74) is 21.3. The van der Waals surface area contributed by atoms with Crippen molar-refractivity contribution in [3.8, 4) is 60.8 Å². The lowest BCUT2D eigenvalue weighted by atomic mass is 10.0. The average molecular weight is 1080 g/mol. The number of likely N-dealkylation sites (N-methyl/N-ethyl adjacent to an activating group) is 1. The summed E-state index contributed by atoms with van der Waals surface area (Å²) >= 11 is 5.56. The van der Waals surface area contributed by atoms with Crippen molar-refractivity contribution >= 4 is 111 Å². The molecule has 2 amide bonds. The highest BCUT2D eigenvalue weighted by Crippen LogP contribution is 2.46. The number of anilines is 2. The zero-order valence-corrected chi connectivity index (χ0v) is 45.2. The van der Waals surface area contributed by atoms with Crippen LogP contribution in [0.4, 0.5) is 16.2 Å². The summed E-state index contributed by atoms with van der Waals surface area (Å²) in [5.74, 6) is 1.28. The molecule has 0 saturated heterocycles. The van der Waals surface area contributed by atoms with Gasteiger partial charge in [0, 0.05) is 52.7 Å². The normalized spacial score (nSPS) is 12.3.